The van der Waals surface area contributed by atoms with Gasteiger partial charge in [-0.3, -0.25) is 4.79 Å². The molecule has 0 unspecified atom stereocenters. The Morgan fingerprint density at radius 2 is 1.31 bits per heavy atom. The van der Waals surface area contributed by atoms with Gasteiger partial charge in [0, 0.05) is 25.2 Å². The van der Waals surface area contributed by atoms with Crippen molar-refractivity contribution in [2.24, 2.45) is 5.92 Å². The third-order valence-corrected chi connectivity index (χ3v) is 8.12. The number of ether oxygens (including phenoxy) is 2. The fourth-order valence-electron chi connectivity index (χ4n) is 5.78. The highest BCUT2D eigenvalue weighted by Gasteiger charge is 2.31. The maximum absolute atomic E-state index is 12.0. The van der Waals surface area contributed by atoms with Crippen LogP contribution in [-0.2, 0) is 19.1 Å². The van der Waals surface area contributed by atoms with E-state index in [1.807, 2.05) is 24.3 Å². The number of hydrogen-bond donors (Lipinski definition) is 2. The molecule has 0 bridgehead atoms. The van der Waals surface area contributed by atoms with Gasteiger partial charge < -0.3 is 20.1 Å². The van der Waals surface area contributed by atoms with Crippen LogP contribution in [0.25, 0.3) is 0 Å². The SMILES string of the molecule is C.COC(=O)C1=C(N[C@H](C)c2ccccc2)CCCCC1.COC(=O)[C@H]1CCCCC[C@H]1N[C@H](C)c1ccccc1.S.[HH]. The molecule has 1 fully saturated rings. The highest BCUT2D eigenvalue weighted by molar-refractivity contribution is 7.59. The molecule has 0 aliphatic heterocycles. The molecule has 2 aromatic carbocycles. The summed E-state index contributed by atoms with van der Waals surface area (Å²) < 4.78 is 9.91. The Morgan fingerprint density at radius 3 is 1.90 bits per heavy atom. The molecule has 42 heavy (non-hydrogen) atoms. The molecule has 2 aliphatic rings. The van der Waals surface area contributed by atoms with E-state index in [0.29, 0.717) is 0 Å². The second kappa shape index (κ2) is 20.2. The van der Waals surface area contributed by atoms with Crippen LogP contribution in [-0.4, -0.2) is 32.2 Å². The first-order valence-corrected chi connectivity index (χ1v) is 14.9. The third-order valence-electron chi connectivity index (χ3n) is 8.12. The summed E-state index contributed by atoms with van der Waals surface area (Å²) in [6.45, 7) is 4.29. The molecule has 1 saturated carbocycles. The average Bonchev–Trinajstić information content (AvgIpc) is 3.38. The summed E-state index contributed by atoms with van der Waals surface area (Å²) in [5.41, 5.74) is 4.38. The first-order valence-electron chi connectivity index (χ1n) is 14.9. The van der Waals surface area contributed by atoms with Crippen molar-refractivity contribution in [3.05, 3.63) is 83.1 Å². The van der Waals surface area contributed by atoms with Gasteiger partial charge in [0.2, 0.25) is 0 Å². The fraction of sp³-hybridized carbons (Fsp3) is 0.543. The quantitative estimate of drug-likeness (QED) is 0.235. The van der Waals surface area contributed by atoms with Crippen LogP contribution in [0.1, 0.15) is 110 Å². The molecule has 6 nitrogen and oxygen atoms in total. The molecular weight excluding hydrogens is 544 g/mol. The molecular formula is C35H56N2O4S. The van der Waals surface area contributed by atoms with Crippen molar-refractivity contribution >= 4 is 25.4 Å². The van der Waals surface area contributed by atoms with Crippen molar-refractivity contribution < 1.29 is 20.5 Å². The molecule has 0 spiro atoms. The van der Waals surface area contributed by atoms with E-state index in [4.69, 9.17) is 9.47 Å². The molecule has 4 rings (SSSR count). The van der Waals surface area contributed by atoms with Crippen LogP contribution in [0.3, 0.4) is 0 Å². The average molecular weight is 601 g/mol. The van der Waals surface area contributed by atoms with E-state index in [0.717, 1.165) is 56.2 Å². The molecule has 0 aromatic heterocycles. The smallest absolute Gasteiger partial charge is 0.335 e. The number of rotatable bonds is 8. The van der Waals surface area contributed by atoms with Gasteiger partial charge in [-0.25, -0.2) is 4.79 Å². The van der Waals surface area contributed by atoms with Gasteiger partial charge >= 0.3 is 11.9 Å². The maximum atomic E-state index is 12.0. The summed E-state index contributed by atoms with van der Waals surface area (Å²) in [4.78, 5) is 23.9. The van der Waals surface area contributed by atoms with Gasteiger partial charge in [0.15, 0.2) is 0 Å². The maximum Gasteiger partial charge on any atom is 0.335 e. The standard InChI is InChI=1S/C17H25NO2.C17H23NO2.CH4.H2S.H2/c2*1-13(14-9-5-3-6-10-14)18-16-12-8-4-7-11-15(16)17(19)20-2;;;/h3,5-6,9-10,13,15-16,18H,4,7-8,11-12H2,1-2H3;3,5-6,9-10,13,18H,4,7-8,11-12H2,1-2H3;1H4;1H2;1H/t13-,15+,16-;13-;;;/m11.../s1. The van der Waals surface area contributed by atoms with E-state index in [-0.39, 0.29) is 58.3 Å². The van der Waals surface area contributed by atoms with E-state index in [1.165, 1.54) is 44.6 Å². The second-order valence-electron chi connectivity index (χ2n) is 11.0. The van der Waals surface area contributed by atoms with E-state index >= 15 is 0 Å². The Hall–Kier alpha value is -2.77. The zero-order valence-corrected chi connectivity index (χ0v) is 26.3. The molecule has 0 amide bonds. The predicted octanol–water partition coefficient (Wildman–Crippen LogP) is 8.18. The number of esters is 2. The number of allylic oxidation sites excluding steroid dienone is 1. The molecule has 0 heterocycles. The van der Waals surface area contributed by atoms with Gasteiger partial charge in [-0.2, -0.15) is 13.5 Å². The van der Waals surface area contributed by atoms with E-state index in [1.54, 1.807) is 0 Å². The number of benzene rings is 2. The Balaban J connectivity index is 0.000000767. The van der Waals surface area contributed by atoms with Crippen LogP contribution in [0.2, 0.25) is 0 Å². The summed E-state index contributed by atoms with van der Waals surface area (Å²) >= 11 is 0. The van der Waals surface area contributed by atoms with Crippen molar-refractivity contribution in [1.29, 1.82) is 0 Å². The van der Waals surface area contributed by atoms with Gasteiger partial charge in [-0.1, -0.05) is 93.8 Å². The van der Waals surface area contributed by atoms with Crippen molar-refractivity contribution in [2.45, 2.75) is 104 Å². The van der Waals surface area contributed by atoms with Crippen LogP contribution in [0.4, 0.5) is 0 Å². The molecule has 4 atom stereocenters. The molecule has 0 radical (unpaired) electrons. The summed E-state index contributed by atoms with van der Waals surface area (Å²) in [5.74, 6) is -0.256. The Kier molecular flexibility index (Phi) is 17.9. The molecule has 236 valence electrons. The lowest BCUT2D eigenvalue weighted by Crippen LogP contribution is -2.41. The van der Waals surface area contributed by atoms with Crippen LogP contribution < -0.4 is 10.6 Å². The molecule has 7 heteroatoms. The van der Waals surface area contributed by atoms with Gasteiger partial charge in [0.1, 0.15) is 0 Å². The summed E-state index contributed by atoms with van der Waals surface area (Å²) in [5, 5.41) is 7.16. The topological polar surface area (TPSA) is 76.7 Å². The van der Waals surface area contributed by atoms with Gasteiger partial charge in [-0.05, 0) is 63.5 Å². The number of carbonyl (C=O) groups is 2. The highest BCUT2D eigenvalue weighted by atomic mass is 32.1. The summed E-state index contributed by atoms with van der Waals surface area (Å²) in [6.07, 6.45) is 10.6. The van der Waals surface area contributed by atoms with Crippen molar-refractivity contribution in [3.8, 4) is 0 Å². The zero-order chi connectivity index (χ0) is 28.7. The highest BCUT2D eigenvalue weighted by Crippen LogP contribution is 2.27. The summed E-state index contributed by atoms with van der Waals surface area (Å²) in [6, 6.07) is 21.4. The van der Waals surface area contributed by atoms with Gasteiger partial charge in [0.05, 0.1) is 25.7 Å². The summed E-state index contributed by atoms with van der Waals surface area (Å²) in [7, 11) is 2.95. The fourth-order valence-corrected chi connectivity index (χ4v) is 5.78. The first-order chi connectivity index (χ1) is 19.4. The van der Waals surface area contributed by atoms with Gasteiger partial charge in [0.25, 0.3) is 0 Å². The van der Waals surface area contributed by atoms with Crippen LogP contribution >= 0.6 is 13.5 Å². The van der Waals surface area contributed by atoms with E-state index in [2.05, 4.69) is 60.9 Å². The minimum atomic E-state index is -0.185. The lowest BCUT2D eigenvalue weighted by molar-refractivity contribution is -0.146. The first kappa shape index (κ1) is 37.3. The third kappa shape index (κ3) is 11.5. The lowest BCUT2D eigenvalue weighted by atomic mass is 9.93. The second-order valence-corrected chi connectivity index (χ2v) is 11.0. The normalized spacial score (nSPS) is 20.0. The molecule has 2 aliphatic carbocycles. The van der Waals surface area contributed by atoms with Crippen LogP contribution in [0.5, 0.6) is 0 Å². The van der Waals surface area contributed by atoms with Crippen molar-refractivity contribution in [1.82, 2.24) is 10.6 Å². The van der Waals surface area contributed by atoms with E-state index < -0.39 is 0 Å². The monoisotopic (exact) mass is 600 g/mol. The largest absolute Gasteiger partial charge is 0.469 e. The number of methoxy groups -OCH3 is 2. The minimum Gasteiger partial charge on any atom is -0.469 e. The van der Waals surface area contributed by atoms with Crippen molar-refractivity contribution in [3.63, 3.8) is 0 Å². The molecule has 0 saturated heterocycles. The minimum absolute atomic E-state index is 0. The molecule has 2 aromatic rings. The van der Waals surface area contributed by atoms with Crippen LogP contribution in [0.15, 0.2) is 71.9 Å². The predicted molar refractivity (Wildman–Crippen MR) is 180 cm³/mol. The molecule has 2 N–H and O–H groups in total. The number of hydrogen-bond acceptors (Lipinski definition) is 6. The van der Waals surface area contributed by atoms with Crippen LogP contribution in [0, 0.1) is 5.92 Å². The Morgan fingerprint density at radius 1 is 0.762 bits per heavy atom. The van der Waals surface area contributed by atoms with E-state index in [9.17, 15) is 9.59 Å². The Bertz CT molecular complexity index is 1080. The number of carbonyl (C=O) groups excluding carboxylic acids is 2. The van der Waals surface area contributed by atoms with Crippen molar-refractivity contribution in [2.75, 3.05) is 14.2 Å². The Labute approximate surface area is 263 Å². The van der Waals surface area contributed by atoms with Gasteiger partial charge in [-0.15, -0.1) is 0 Å². The zero-order valence-electron chi connectivity index (χ0n) is 25.3. The number of nitrogens with one attached hydrogen (secondary N) is 2. The lowest BCUT2D eigenvalue weighted by Gasteiger charge is -2.28.